The average molecular weight is 815 g/mol. The smallest absolute Gasteiger partial charge is 0.188 e. The molecule has 8 nitrogen and oxygen atoms in total. The lowest BCUT2D eigenvalue weighted by molar-refractivity contribution is 1.17. The van der Waals surface area contributed by atoms with Crippen LogP contribution in [0.15, 0.2) is 182 Å². The molecule has 0 aliphatic heterocycles. The van der Waals surface area contributed by atoms with Crippen molar-refractivity contribution in [1.29, 1.82) is 15.8 Å². The summed E-state index contributed by atoms with van der Waals surface area (Å²) in [5.41, 5.74) is 14.6. The third-order valence-corrected chi connectivity index (χ3v) is 11.9. The van der Waals surface area contributed by atoms with Gasteiger partial charge in [-0.25, -0.2) is 14.8 Å². The molecule has 3 heterocycles. The lowest BCUT2D eigenvalue weighted by Gasteiger charge is -2.12. The van der Waals surface area contributed by atoms with E-state index in [4.69, 9.17) is 16.5 Å². The number of benzene rings is 8. The van der Waals surface area contributed by atoms with Crippen LogP contribution in [0.3, 0.4) is 0 Å². The zero-order chi connectivity index (χ0) is 43.3. The molecule has 0 fully saturated rings. The first kappa shape index (κ1) is 37.4. The van der Waals surface area contributed by atoms with Crippen LogP contribution in [0.25, 0.3) is 105 Å². The van der Waals surface area contributed by atoms with Crippen molar-refractivity contribution >= 4 is 49.3 Å². The van der Waals surface area contributed by atoms with Gasteiger partial charge in [0.2, 0.25) is 0 Å². The van der Waals surface area contributed by atoms with Crippen LogP contribution in [-0.2, 0) is 0 Å². The summed E-state index contributed by atoms with van der Waals surface area (Å²) >= 11 is 0. The molecule has 64 heavy (non-hydrogen) atoms. The van der Waals surface area contributed by atoms with Gasteiger partial charge in [-0.3, -0.25) is 0 Å². The number of rotatable bonds is 6. The molecule has 0 bridgehead atoms. The molecular weight excluding hydrogens is 785 g/mol. The quantitative estimate of drug-likeness (QED) is 0.155. The van der Waals surface area contributed by atoms with Gasteiger partial charge >= 0.3 is 0 Å². The number of hydrogen-bond acceptors (Lipinski definition) is 5. The number of para-hydroxylation sites is 1. The number of hydrogen-bond donors (Lipinski definition) is 0. The predicted octanol–water partition coefficient (Wildman–Crippen LogP) is 13.5. The molecule has 0 spiro atoms. The van der Waals surface area contributed by atoms with Crippen LogP contribution in [0.1, 0.15) is 16.7 Å². The molecule has 3 aromatic heterocycles. The molecule has 0 atom stereocenters. The lowest BCUT2D eigenvalue weighted by Crippen LogP contribution is -1.96. The summed E-state index contributed by atoms with van der Waals surface area (Å²) in [7, 11) is 0. The summed E-state index contributed by atoms with van der Waals surface area (Å²) in [5, 5.41) is 32.5. The number of aromatic nitrogens is 4. The van der Waals surface area contributed by atoms with Crippen molar-refractivity contribution in [1.82, 2.24) is 19.1 Å². The van der Waals surface area contributed by atoms with Crippen molar-refractivity contribution in [3.8, 4) is 74.6 Å². The van der Waals surface area contributed by atoms with Crippen molar-refractivity contribution in [2.45, 2.75) is 0 Å². The van der Waals surface area contributed by atoms with Gasteiger partial charge < -0.3 is 9.13 Å². The largest absolute Gasteiger partial charge is 0.309 e. The van der Waals surface area contributed by atoms with Gasteiger partial charge in [0.25, 0.3) is 0 Å². The highest BCUT2D eigenvalue weighted by atomic mass is 15.0. The minimum absolute atomic E-state index is 0.542. The molecule has 11 aromatic rings. The lowest BCUT2D eigenvalue weighted by atomic mass is 10.0. The average Bonchev–Trinajstić information content (AvgIpc) is 3.88. The molecule has 11 rings (SSSR count). The number of nitrogens with zero attached hydrogens (tertiary/aromatic N) is 8. The van der Waals surface area contributed by atoms with Gasteiger partial charge in [0, 0.05) is 44.2 Å². The molecule has 0 aliphatic rings. The highest BCUT2D eigenvalue weighted by Gasteiger charge is 2.18. The van der Waals surface area contributed by atoms with E-state index in [1.165, 1.54) is 0 Å². The molecule has 8 heteroatoms. The summed E-state index contributed by atoms with van der Waals surface area (Å²) in [6, 6.07) is 66.7. The number of fused-ring (bicyclic) bond motifs is 6. The van der Waals surface area contributed by atoms with Gasteiger partial charge in [-0.15, -0.1) is 0 Å². The van der Waals surface area contributed by atoms with Gasteiger partial charge in [-0.1, -0.05) is 72.8 Å². The van der Waals surface area contributed by atoms with E-state index in [0.717, 1.165) is 94.2 Å². The van der Waals surface area contributed by atoms with Crippen LogP contribution in [0.5, 0.6) is 0 Å². The highest BCUT2D eigenvalue weighted by Crippen LogP contribution is 2.39. The van der Waals surface area contributed by atoms with Crippen LogP contribution >= 0.6 is 0 Å². The maximum atomic E-state index is 9.71. The summed E-state index contributed by atoms with van der Waals surface area (Å²) in [6.07, 6.45) is 0. The molecular formula is C56H30N8. The third-order valence-electron chi connectivity index (χ3n) is 11.9. The van der Waals surface area contributed by atoms with Crippen LogP contribution in [-0.4, -0.2) is 19.1 Å². The minimum Gasteiger partial charge on any atom is -0.309 e. The van der Waals surface area contributed by atoms with Crippen molar-refractivity contribution in [2.24, 2.45) is 0 Å². The molecule has 294 valence electrons. The molecule has 0 N–H and O–H groups in total. The second kappa shape index (κ2) is 15.1. The van der Waals surface area contributed by atoms with Crippen LogP contribution in [0, 0.1) is 40.6 Å². The van der Waals surface area contributed by atoms with E-state index in [9.17, 15) is 15.8 Å². The van der Waals surface area contributed by atoms with Crippen LogP contribution < -0.4 is 0 Å². The Labute approximate surface area is 367 Å². The molecule has 0 radical (unpaired) electrons. The molecule has 8 aromatic carbocycles. The zero-order valence-electron chi connectivity index (χ0n) is 33.9. The van der Waals surface area contributed by atoms with E-state index in [2.05, 4.69) is 123 Å². The van der Waals surface area contributed by atoms with Crippen molar-refractivity contribution in [2.75, 3.05) is 0 Å². The van der Waals surface area contributed by atoms with E-state index in [1.807, 2.05) is 66.7 Å². The summed E-state index contributed by atoms with van der Waals surface area (Å²) in [5.74, 6) is 0.542. The van der Waals surface area contributed by atoms with Crippen molar-refractivity contribution in [3.05, 3.63) is 210 Å². The molecule has 0 unspecified atom stereocenters. The van der Waals surface area contributed by atoms with E-state index in [0.29, 0.717) is 28.2 Å². The zero-order valence-corrected chi connectivity index (χ0v) is 33.9. The Balaban J connectivity index is 0.948. The standard InChI is InChI=1S/C56H30N8/c1-60-43-21-26-54-48(29-43)47-28-37(34-59)10-25-53(47)64(54)45-24-27-55-49(30-45)46-4-2-3-5-52(46)63(55)44-22-19-39(20-23-44)38-15-17-41(18-16-38)51-31-50(40-11-6-35(32-57)7-12-40)61-56(62-51)42-13-8-36(33-58)9-14-42/h2-31H. The normalized spacial score (nSPS) is 11.1. The Morgan fingerprint density at radius 3 is 1.47 bits per heavy atom. The SMILES string of the molecule is [C-]#[N+]c1ccc2c(c1)c1cc(C#N)ccc1n2-c1ccc2c(c1)c1ccccc1n2-c1ccc(-c2ccc(-c3cc(-c4ccc(C#N)cc4)nc(-c4ccc(C#N)cc4)n3)cc2)cc1. The first-order valence-electron chi connectivity index (χ1n) is 20.5. The van der Waals surface area contributed by atoms with E-state index < -0.39 is 0 Å². The first-order valence-corrected chi connectivity index (χ1v) is 20.5. The molecule has 0 saturated heterocycles. The van der Waals surface area contributed by atoms with E-state index >= 15 is 0 Å². The van der Waals surface area contributed by atoms with E-state index in [-0.39, 0.29) is 0 Å². The predicted molar refractivity (Wildman–Crippen MR) is 253 cm³/mol. The molecule has 0 aliphatic carbocycles. The Morgan fingerprint density at radius 1 is 0.391 bits per heavy atom. The minimum atomic E-state index is 0.542. The van der Waals surface area contributed by atoms with Gasteiger partial charge in [-0.05, 0) is 126 Å². The molecule has 0 saturated carbocycles. The van der Waals surface area contributed by atoms with Crippen molar-refractivity contribution < 1.29 is 0 Å². The fraction of sp³-hybridized carbons (Fsp3) is 0. The summed E-state index contributed by atoms with van der Waals surface area (Å²) in [4.78, 5) is 13.5. The Kier molecular flexibility index (Phi) is 8.85. The fourth-order valence-electron chi connectivity index (χ4n) is 8.72. The Bertz CT molecular complexity index is 3700. The van der Waals surface area contributed by atoms with Gasteiger partial charge in [0.05, 0.1) is 74.9 Å². The molecule has 0 amide bonds. The van der Waals surface area contributed by atoms with Gasteiger partial charge in [-0.2, -0.15) is 15.8 Å². The van der Waals surface area contributed by atoms with E-state index in [1.54, 1.807) is 24.3 Å². The summed E-state index contributed by atoms with van der Waals surface area (Å²) in [6.45, 7) is 7.63. The van der Waals surface area contributed by atoms with Crippen LogP contribution in [0.2, 0.25) is 0 Å². The highest BCUT2D eigenvalue weighted by molar-refractivity contribution is 6.13. The Hall–Kier alpha value is -9.60. The second-order valence-electron chi connectivity index (χ2n) is 15.5. The Morgan fingerprint density at radius 2 is 0.844 bits per heavy atom. The summed E-state index contributed by atoms with van der Waals surface area (Å²) < 4.78 is 4.53. The number of nitriles is 3. The maximum absolute atomic E-state index is 9.71. The van der Waals surface area contributed by atoms with Gasteiger partial charge in [0.15, 0.2) is 11.5 Å². The monoisotopic (exact) mass is 814 g/mol. The fourth-order valence-corrected chi connectivity index (χ4v) is 8.72. The van der Waals surface area contributed by atoms with Crippen LogP contribution in [0.4, 0.5) is 5.69 Å². The first-order chi connectivity index (χ1) is 31.5. The van der Waals surface area contributed by atoms with Crippen molar-refractivity contribution in [3.63, 3.8) is 0 Å². The van der Waals surface area contributed by atoms with Gasteiger partial charge in [0.1, 0.15) is 0 Å². The third kappa shape index (κ3) is 6.29. The maximum Gasteiger partial charge on any atom is 0.188 e. The second-order valence-corrected chi connectivity index (χ2v) is 15.5. The topological polar surface area (TPSA) is 111 Å².